The average Bonchev–Trinajstić information content (AvgIpc) is 3.12. The number of hydrogen-bond acceptors (Lipinski definition) is 4. The quantitative estimate of drug-likeness (QED) is 0.757. The number of carbonyl (C=O) groups excluding carboxylic acids is 1. The molecule has 0 saturated heterocycles. The van der Waals surface area contributed by atoms with E-state index >= 15 is 0 Å². The van der Waals surface area contributed by atoms with Gasteiger partial charge in [-0.2, -0.15) is 15.4 Å². The Bertz CT molecular complexity index is 753. The summed E-state index contributed by atoms with van der Waals surface area (Å²) in [6.45, 7) is 2.05. The maximum Gasteiger partial charge on any atom is 0.274 e. The first-order chi connectivity index (χ1) is 11.2. The van der Waals surface area contributed by atoms with E-state index in [1.54, 1.807) is 6.20 Å². The number of nitrogens with zero attached hydrogens (tertiary/aromatic N) is 3. The molecule has 0 aliphatic rings. The van der Waals surface area contributed by atoms with E-state index in [4.69, 9.17) is 0 Å². The molecule has 0 aliphatic carbocycles. The standard InChI is InChI=1S/C17H17N5O/c1-12-5-7-13(8-6-12)10-15(14-4-2-3-9-18-14)20-17(23)16-11-19-22-21-16/h2-9,11,15H,10H2,1H3,(H,20,23)(H,19,21,22). The van der Waals surface area contributed by atoms with Gasteiger partial charge in [0.2, 0.25) is 0 Å². The molecule has 23 heavy (non-hydrogen) atoms. The highest BCUT2D eigenvalue weighted by molar-refractivity contribution is 5.92. The molecule has 0 saturated carbocycles. The van der Waals surface area contributed by atoms with Gasteiger partial charge in [0, 0.05) is 6.20 Å². The summed E-state index contributed by atoms with van der Waals surface area (Å²) < 4.78 is 0. The molecule has 116 valence electrons. The fourth-order valence-electron chi connectivity index (χ4n) is 2.31. The molecule has 0 spiro atoms. The molecule has 2 heterocycles. The molecule has 0 radical (unpaired) electrons. The van der Waals surface area contributed by atoms with Gasteiger partial charge in [0.15, 0.2) is 5.69 Å². The lowest BCUT2D eigenvalue weighted by molar-refractivity contribution is 0.0930. The normalized spacial score (nSPS) is 11.9. The number of amides is 1. The van der Waals surface area contributed by atoms with Crippen LogP contribution in [-0.2, 0) is 6.42 Å². The zero-order valence-corrected chi connectivity index (χ0v) is 12.7. The number of aromatic amines is 1. The van der Waals surface area contributed by atoms with Crippen LogP contribution in [-0.4, -0.2) is 26.3 Å². The van der Waals surface area contributed by atoms with Crippen molar-refractivity contribution in [3.05, 3.63) is 77.4 Å². The zero-order chi connectivity index (χ0) is 16.1. The molecule has 1 unspecified atom stereocenters. The van der Waals surface area contributed by atoms with E-state index in [1.807, 2.05) is 25.1 Å². The van der Waals surface area contributed by atoms with E-state index in [2.05, 4.69) is 50.0 Å². The van der Waals surface area contributed by atoms with E-state index < -0.39 is 0 Å². The van der Waals surface area contributed by atoms with Crippen LogP contribution in [0.25, 0.3) is 0 Å². The number of rotatable bonds is 5. The summed E-state index contributed by atoms with van der Waals surface area (Å²) >= 11 is 0. The maximum atomic E-state index is 12.3. The second-order valence-electron chi connectivity index (χ2n) is 5.33. The minimum atomic E-state index is -0.276. The van der Waals surface area contributed by atoms with Crippen LogP contribution in [0, 0.1) is 6.92 Å². The predicted molar refractivity (Wildman–Crippen MR) is 85.7 cm³/mol. The highest BCUT2D eigenvalue weighted by atomic mass is 16.2. The summed E-state index contributed by atoms with van der Waals surface area (Å²) in [5.74, 6) is -0.276. The zero-order valence-electron chi connectivity index (χ0n) is 12.7. The number of aromatic nitrogens is 4. The van der Waals surface area contributed by atoms with E-state index in [0.29, 0.717) is 6.42 Å². The van der Waals surface area contributed by atoms with Crippen molar-refractivity contribution in [3.8, 4) is 0 Å². The Morgan fingerprint density at radius 3 is 2.70 bits per heavy atom. The Balaban J connectivity index is 1.82. The first-order valence-electron chi connectivity index (χ1n) is 7.35. The summed E-state index contributed by atoms with van der Waals surface area (Å²) in [6, 6.07) is 13.7. The molecule has 1 atom stereocenters. The number of hydrogen-bond donors (Lipinski definition) is 2. The molecular formula is C17H17N5O. The van der Waals surface area contributed by atoms with Crippen LogP contribution >= 0.6 is 0 Å². The second-order valence-corrected chi connectivity index (χ2v) is 5.33. The third-order valence-corrected chi connectivity index (χ3v) is 3.56. The summed E-state index contributed by atoms with van der Waals surface area (Å²) in [5.41, 5.74) is 3.40. The van der Waals surface area contributed by atoms with Crippen molar-refractivity contribution >= 4 is 5.91 Å². The molecule has 2 N–H and O–H groups in total. The van der Waals surface area contributed by atoms with Crippen LogP contribution < -0.4 is 5.32 Å². The lowest BCUT2D eigenvalue weighted by atomic mass is 10.0. The van der Waals surface area contributed by atoms with E-state index in [-0.39, 0.29) is 17.6 Å². The van der Waals surface area contributed by atoms with Crippen LogP contribution in [0.2, 0.25) is 0 Å². The Morgan fingerprint density at radius 1 is 1.22 bits per heavy atom. The van der Waals surface area contributed by atoms with Gasteiger partial charge in [0.1, 0.15) is 0 Å². The fraction of sp³-hybridized carbons (Fsp3) is 0.176. The van der Waals surface area contributed by atoms with Crippen molar-refractivity contribution in [2.75, 3.05) is 0 Å². The lowest BCUT2D eigenvalue weighted by Gasteiger charge is -2.18. The smallest absolute Gasteiger partial charge is 0.274 e. The molecular weight excluding hydrogens is 290 g/mol. The topological polar surface area (TPSA) is 83.6 Å². The van der Waals surface area contributed by atoms with Crippen molar-refractivity contribution in [2.24, 2.45) is 0 Å². The van der Waals surface area contributed by atoms with Gasteiger partial charge in [-0.3, -0.25) is 9.78 Å². The number of carbonyl (C=O) groups is 1. The van der Waals surface area contributed by atoms with E-state index in [0.717, 1.165) is 11.3 Å². The fourth-order valence-corrected chi connectivity index (χ4v) is 2.31. The third kappa shape index (κ3) is 3.79. The predicted octanol–water partition coefficient (Wildman–Crippen LogP) is 2.22. The molecule has 0 aliphatic heterocycles. The number of pyridine rings is 1. The number of benzene rings is 1. The van der Waals surface area contributed by atoms with Gasteiger partial charge in [-0.1, -0.05) is 35.9 Å². The molecule has 6 heteroatoms. The van der Waals surface area contributed by atoms with Crippen LogP contribution in [0.15, 0.2) is 54.9 Å². The SMILES string of the molecule is Cc1ccc(CC(NC(=O)c2cn[nH]n2)c2ccccn2)cc1. The van der Waals surface area contributed by atoms with Gasteiger partial charge in [0.05, 0.1) is 17.9 Å². The first kappa shape index (κ1) is 14.9. The maximum absolute atomic E-state index is 12.3. The van der Waals surface area contributed by atoms with Crippen LogP contribution in [0.4, 0.5) is 0 Å². The summed E-state index contributed by atoms with van der Waals surface area (Å²) in [5, 5.41) is 12.9. The Hall–Kier alpha value is -3.02. The molecule has 1 aromatic carbocycles. The minimum Gasteiger partial charge on any atom is -0.342 e. The molecule has 0 fully saturated rings. The summed E-state index contributed by atoms with van der Waals surface area (Å²) in [6.07, 6.45) is 3.78. The van der Waals surface area contributed by atoms with Gasteiger partial charge < -0.3 is 5.32 Å². The van der Waals surface area contributed by atoms with Crippen molar-refractivity contribution in [3.63, 3.8) is 0 Å². The highest BCUT2D eigenvalue weighted by Gasteiger charge is 2.18. The largest absolute Gasteiger partial charge is 0.342 e. The van der Waals surface area contributed by atoms with Gasteiger partial charge in [-0.15, -0.1) is 0 Å². The average molecular weight is 307 g/mol. The molecule has 6 nitrogen and oxygen atoms in total. The van der Waals surface area contributed by atoms with E-state index in [9.17, 15) is 4.79 Å². The van der Waals surface area contributed by atoms with Crippen molar-refractivity contribution < 1.29 is 4.79 Å². The van der Waals surface area contributed by atoms with E-state index in [1.165, 1.54) is 11.8 Å². The second kappa shape index (κ2) is 6.83. The molecule has 1 amide bonds. The number of aryl methyl sites for hydroxylation is 1. The van der Waals surface area contributed by atoms with Crippen LogP contribution in [0.5, 0.6) is 0 Å². The van der Waals surface area contributed by atoms with Gasteiger partial charge >= 0.3 is 0 Å². The Kier molecular flexibility index (Phi) is 4.42. The van der Waals surface area contributed by atoms with Crippen LogP contribution in [0.3, 0.4) is 0 Å². The lowest BCUT2D eigenvalue weighted by Crippen LogP contribution is -2.30. The summed E-state index contributed by atoms with van der Waals surface area (Å²) in [4.78, 5) is 16.6. The molecule has 3 rings (SSSR count). The molecule has 3 aromatic rings. The molecule has 0 bridgehead atoms. The summed E-state index contributed by atoms with van der Waals surface area (Å²) in [7, 11) is 0. The molecule has 2 aromatic heterocycles. The third-order valence-electron chi connectivity index (χ3n) is 3.56. The van der Waals surface area contributed by atoms with Gasteiger partial charge in [-0.05, 0) is 31.0 Å². The van der Waals surface area contributed by atoms with Crippen molar-refractivity contribution in [1.82, 2.24) is 25.7 Å². The van der Waals surface area contributed by atoms with Crippen molar-refractivity contribution in [1.29, 1.82) is 0 Å². The Labute approximate surface area is 134 Å². The Morgan fingerprint density at radius 2 is 2.04 bits per heavy atom. The van der Waals surface area contributed by atoms with Crippen molar-refractivity contribution in [2.45, 2.75) is 19.4 Å². The monoisotopic (exact) mass is 307 g/mol. The number of H-pyrrole nitrogens is 1. The number of nitrogens with one attached hydrogen (secondary N) is 2. The first-order valence-corrected chi connectivity index (χ1v) is 7.35. The van der Waals surface area contributed by atoms with Gasteiger partial charge in [-0.25, -0.2) is 0 Å². The van der Waals surface area contributed by atoms with Gasteiger partial charge in [0.25, 0.3) is 5.91 Å². The highest BCUT2D eigenvalue weighted by Crippen LogP contribution is 2.17. The van der Waals surface area contributed by atoms with Crippen LogP contribution in [0.1, 0.15) is 33.4 Å². The minimum absolute atomic E-state index is 0.233.